The van der Waals surface area contributed by atoms with Crippen molar-refractivity contribution in [3.63, 3.8) is 0 Å². The van der Waals surface area contributed by atoms with Gasteiger partial charge < -0.3 is 28.1 Å². The molecule has 2 aromatic heterocycles. The summed E-state index contributed by atoms with van der Waals surface area (Å²) in [7, 11) is 0. The predicted molar refractivity (Wildman–Crippen MR) is 302 cm³/mol. The van der Waals surface area contributed by atoms with Crippen molar-refractivity contribution in [3.05, 3.63) is 324 Å². The van der Waals surface area contributed by atoms with Gasteiger partial charge in [0.1, 0.15) is 56.9 Å². The molecular weight excluding hydrogens is 933 g/mol. The minimum Gasteiger partial charge on any atom is -0.459 e. The highest BCUT2D eigenvalue weighted by atomic mass is 16.5. The Morgan fingerprint density at radius 3 is 0.776 bits per heavy atom. The number of rotatable bonds is 8. The second kappa shape index (κ2) is 17.3. The number of nitrogens with zero attached hydrogens (tertiary/aromatic N) is 2. The van der Waals surface area contributed by atoms with E-state index in [0.29, 0.717) is 0 Å². The van der Waals surface area contributed by atoms with E-state index in [4.69, 9.17) is 18.3 Å². The van der Waals surface area contributed by atoms with Gasteiger partial charge in [0.2, 0.25) is 0 Å². The number of hydrogen-bond acceptors (Lipinski definition) is 6. The molecule has 1 aliphatic carbocycles. The molecule has 0 saturated heterocycles. The van der Waals surface area contributed by atoms with Crippen LogP contribution in [0.15, 0.2) is 288 Å². The van der Waals surface area contributed by atoms with Crippen LogP contribution in [0.2, 0.25) is 0 Å². The van der Waals surface area contributed by atoms with Gasteiger partial charge >= 0.3 is 0 Å². The second-order valence-corrected chi connectivity index (χ2v) is 19.5. The topological polar surface area (TPSA) is 51.2 Å². The molecule has 12 aromatic rings. The summed E-state index contributed by atoms with van der Waals surface area (Å²) in [6.07, 6.45) is 0. The molecule has 4 heterocycles. The Labute approximate surface area is 440 Å². The molecule has 0 unspecified atom stereocenters. The monoisotopic (exact) mass is 978 g/mol. The largest absolute Gasteiger partial charge is 0.459 e. The van der Waals surface area contributed by atoms with Gasteiger partial charge in [0, 0.05) is 78.6 Å². The Balaban J connectivity index is 0.986. The van der Waals surface area contributed by atoms with Gasteiger partial charge in [-0.05, 0) is 133 Å². The van der Waals surface area contributed by atoms with E-state index in [2.05, 4.69) is 265 Å². The van der Waals surface area contributed by atoms with Crippen LogP contribution in [-0.2, 0) is 10.8 Å². The first kappa shape index (κ1) is 43.5. The summed E-state index contributed by atoms with van der Waals surface area (Å²) in [6.45, 7) is 0. The predicted octanol–water partition coefficient (Wildman–Crippen LogP) is 18.4. The van der Waals surface area contributed by atoms with Crippen LogP contribution in [-0.4, -0.2) is 0 Å². The van der Waals surface area contributed by atoms with E-state index in [1.807, 2.05) is 24.3 Å². The van der Waals surface area contributed by atoms with Crippen molar-refractivity contribution in [1.29, 1.82) is 0 Å². The van der Waals surface area contributed by atoms with Crippen LogP contribution in [0.3, 0.4) is 0 Å². The molecule has 0 saturated carbocycles. The number of fused-ring (bicyclic) bond motifs is 14. The average molecular weight is 979 g/mol. The molecule has 0 bridgehead atoms. The summed E-state index contributed by atoms with van der Waals surface area (Å²) in [5.74, 6) is 6.03. The van der Waals surface area contributed by atoms with E-state index in [1.165, 1.54) is 0 Å². The molecule has 0 amide bonds. The average Bonchev–Trinajstić information content (AvgIpc) is 4.33. The zero-order chi connectivity index (χ0) is 50.2. The third kappa shape index (κ3) is 6.47. The van der Waals surface area contributed by atoms with Crippen LogP contribution < -0.4 is 19.3 Å². The highest BCUT2D eigenvalue weighted by Crippen LogP contribution is 2.68. The molecule has 0 fully saturated rings. The number of hydrogen-bond donors (Lipinski definition) is 0. The zero-order valence-electron chi connectivity index (χ0n) is 41.1. The maximum absolute atomic E-state index is 7.77. The quantitative estimate of drug-likeness (QED) is 0.151. The first-order valence-electron chi connectivity index (χ1n) is 25.7. The lowest BCUT2D eigenvalue weighted by Crippen LogP contribution is -2.46. The summed E-state index contributed by atoms with van der Waals surface area (Å²) in [5, 5.41) is 0. The first-order chi connectivity index (χ1) is 37.7. The fourth-order valence-electron chi connectivity index (χ4n) is 12.2. The molecule has 3 aliphatic rings. The van der Waals surface area contributed by atoms with E-state index in [1.54, 1.807) is 0 Å². The van der Waals surface area contributed by atoms with Gasteiger partial charge in [-0.15, -0.1) is 0 Å². The molecule has 10 aromatic carbocycles. The fraction of sp³-hybridized carbons (Fsp3) is 0.0286. The van der Waals surface area contributed by atoms with Crippen LogP contribution in [0.4, 0.5) is 34.1 Å². The number of furan rings is 2. The van der Waals surface area contributed by atoms with Crippen molar-refractivity contribution < 1.29 is 18.3 Å². The fourth-order valence-corrected chi connectivity index (χ4v) is 12.2. The smallest absolute Gasteiger partial charge is 0.134 e. The van der Waals surface area contributed by atoms with E-state index in [0.717, 1.165) is 125 Å². The van der Waals surface area contributed by atoms with Crippen LogP contribution in [0.1, 0.15) is 44.9 Å². The number of ether oxygens (including phenoxy) is 2. The molecule has 2 spiro atoms. The SMILES string of the molecule is c1ccc(N(c2ccccc2)c2ccc(-c3cc4c(o3)C3(c5ccccc5Oc5ccccc53)c3cc(-c5ccc(N(c6ccccc6)c6ccccc6)cc5)oc3C43c4ccccc4Oc4ccccc43)cc2)cc1. The molecule has 360 valence electrons. The van der Waals surface area contributed by atoms with E-state index in [9.17, 15) is 0 Å². The maximum Gasteiger partial charge on any atom is 0.134 e. The molecule has 2 aliphatic heterocycles. The highest BCUT2D eigenvalue weighted by molar-refractivity contribution is 5.85. The number of benzene rings is 10. The van der Waals surface area contributed by atoms with Gasteiger partial charge in [-0.25, -0.2) is 0 Å². The van der Waals surface area contributed by atoms with Crippen molar-refractivity contribution in [2.45, 2.75) is 10.8 Å². The molecule has 6 nitrogen and oxygen atoms in total. The van der Waals surface area contributed by atoms with Crippen LogP contribution in [0.5, 0.6) is 23.0 Å². The lowest BCUT2D eigenvalue weighted by atomic mass is 9.53. The summed E-state index contributed by atoms with van der Waals surface area (Å²) in [4.78, 5) is 4.55. The van der Waals surface area contributed by atoms with Gasteiger partial charge in [0.25, 0.3) is 0 Å². The molecule has 0 radical (unpaired) electrons. The Hall–Kier alpha value is -10.0. The highest BCUT2D eigenvalue weighted by Gasteiger charge is 2.63. The number of anilines is 6. The summed E-state index contributed by atoms with van der Waals surface area (Å²) >= 11 is 0. The maximum atomic E-state index is 7.77. The first-order valence-corrected chi connectivity index (χ1v) is 25.7. The van der Waals surface area contributed by atoms with Crippen molar-refractivity contribution in [2.24, 2.45) is 0 Å². The summed E-state index contributed by atoms with van der Waals surface area (Å²) < 4.78 is 29.3. The van der Waals surface area contributed by atoms with Crippen molar-refractivity contribution in [1.82, 2.24) is 0 Å². The standard InChI is InChI=1S/C70H46N2O4/c1-5-21-49(22-6-1)71(50-23-7-2-8-24-50)53-41-37-47(38-42-53)65-45-59-67(75-65)70(57-31-15-19-35-63(57)74-64-36-20-16-32-58(64)70)60-46-66(76-68(60)69(59)55-29-13-17-33-61(55)73-62-34-18-14-30-56(62)69)48-39-43-54(44-40-48)72(51-25-9-3-10-26-51)52-27-11-4-12-28-52/h1-46H. The molecule has 0 atom stereocenters. The third-order valence-corrected chi connectivity index (χ3v) is 15.4. The summed E-state index contributed by atoms with van der Waals surface area (Å²) in [6, 6.07) is 97.4. The number of para-hydroxylation sites is 8. The van der Waals surface area contributed by atoms with Crippen LogP contribution in [0, 0.1) is 0 Å². The Morgan fingerprint density at radius 1 is 0.237 bits per heavy atom. The second-order valence-electron chi connectivity index (χ2n) is 19.5. The molecule has 76 heavy (non-hydrogen) atoms. The van der Waals surface area contributed by atoms with Crippen molar-refractivity contribution in [3.8, 4) is 45.6 Å². The minimum atomic E-state index is -1.04. The normalized spacial score (nSPS) is 13.7. The van der Waals surface area contributed by atoms with Gasteiger partial charge in [-0.2, -0.15) is 0 Å². The van der Waals surface area contributed by atoms with Gasteiger partial charge in [-0.1, -0.05) is 146 Å². The van der Waals surface area contributed by atoms with Crippen molar-refractivity contribution >= 4 is 34.1 Å². The van der Waals surface area contributed by atoms with E-state index < -0.39 is 10.8 Å². The molecule has 0 N–H and O–H groups in total. The Morgan fingerprint density at radius 2 is 0.487 bits per heavy atom. The lowest BCUT2D eigenvalue weighted by molar-refractivity contribution is 0.353. The summed E-state index contributed by atoms with van der Waals surface area (Å²) in [5.41, 5.74) is 11.9. The van der Waals surface area contributed by atoms with E-state index in [-0.39, 0.29) is 0 Å². The molecule has 6 heteroatoms. The molecular formula is C70H46N2O4. The molecule has 15 rings (SSSR count). The third-order valence-electron chi connectivity index (χ3n) is 15.4. The van der Waals surface area contributed by atoms with Crippen LogP contribution >= 0.6 is 0 Å². The van der Waals surface area contributed by atoms with Crippen LogP contribution in [0.25, 0.3) is 22.6 Å². The van der Waals surface area contributed by atoms with E-state index >= 15 is 0 Å². The Kier molecular flexibility index (Phi) is 9.91. The van der Waals surface area contributed by atoms with Crippen molar-refractivity contribution in [2.75, 3.05) is 9.80 Å². The lowest BCUT2D eigenvalue weighted by Gasteiger charge is -2.48. The zero-order valence-corrected chi connectivity index (χ0v) is 41.1. The minimum absolute atomic E-state index is 0.728. The van der Waals surface area contributed by atoms with Gasteiger partial charge in [0.15, 0.2) is 0 Å². The Bertz CT molecular complexity index is 3620. The van der Waals surface area contributed by atoms with Gasteiger partial charge in [-0.3, -0.25) is 0 Å². The van der Waals surface area contributed by atoms with Gasteiger partial charge in [0.05, 0.1) is 0 Å².